The van der Waals surface area contributed by atoms with E-state index in [1.165, 1.54) is 0 Å². The van der Waals surface area contributed by atoms with E-state index in [9.17, 15) is 35.2 Å². The topological polar surface area (TPSA) is 167 Å². The van der Waals surface area contributed by atoms with E-state index in [1.807, 2.05) is 9.44 Å². The Hall–Kier alpha value is -2.97. The lowest BCUT2D eigenvalue weighted by Crippen LogP contribution is -2.14. The van der Waals surface area contributed by atoms with Gasteiger partial charge in [-0.2, -0.15) is 0 Å². The first-order chi connectivity index (χ1) is 14.0. The number of rotatable bonds is 6. The smallest absolute Gasteiger partial charge is 0.337 e. The number of carbonyl (C=O) groups is 2. The third-order valence-corrected chi connectivity index (χ3v) is 4.54. The molecular weight excluding hydrogens is 486 g/mol. The van der Waals surface area contributed by atoms with Gasteiger partial charge in [0.1, 0.15) is 11.6 Å². The molecule has 0 aliphatic rings. The second-order valence-electron chi connectivity index (χ2n) is 5.86. The van der Waals surface area contributed by atoms with Crippen LogP contribution in [0.3, 0.4) is 0 Å². The van der Waals surface area contributed by atoms with Crippen molar-refractivity contribution in [2.24, 2.45) is 0 Å². The fraction of sp³-hybridized carbons (Fsp3) is 0.125. The van der Waals surface area contributed by atoms with Crippen molar-refractivity contribution in [3.8, 4) is 0 Å². The van der Waals surface area contributed by atoms with Crippen LogP contribution in [0.4, 0.5) is 20.2 Å². The van der Waals surface area contributed by atoms with Crippen molar-refractivity contribution in [1.29, 1.82) is 0 Å². The van der Waals surface area contributed by atoms with Crippen molar-refractivity contribution in [2.45, 2.75) is 0 Å². The lowest BCUT2D eigenvalue weighted by Gasteiger charge is -2.09. The molecule has 15 heteroatoms. The maximum absolute atomic E-state index is 12.9. The van der Waals surface area contributed by atoms with Gasteiger partial charge in [-0.1, -0.05) is 11.6 Å². The third-order valence-electron chi connectivity index (χ3n) is 3.08. The number of halogens is 3. The van der Waals surface area contributed by atoms with Crippen molar-refractivity contribution in [3.63, 3.8) is 0 Å². The highest BCUT2D eigenvalue weighted by atomic mass is 35.5. The Bertz CT molecular complexity index is 1230. The summed E-state index contributed by atoms with van der Waals surface area (Å²) in [6.45, 7) is 0. The number of hydrogen-bond donors (Lipinski definition) is 4. The molecule has 0 atom stereocenters. The maximum Gasteiger partial charge on any atom is 0.337 e. The zero-order valence-electron chi connectivity index (χ0n) is 15.7. The summed E-state index contributed by atoms with van der Waals surface area (Å²) in [7, 11) is -7.27. The molecule has 0 spiro atoms. The second-order valence-corrected chi connectivity index (χ2v) is 9.76. The maximum atomic E-state index is 12.9. The van der Waals surface area contributed by atoms with Gasteiger partial charge in [-0.25, -0.2) is 35.2 Å². The highest BCUT2D eigenvalue weighted by Gasteiger charge is 2.18. The Morgan fingerprint density at radius 2 is 1.32 bits per heavy atom. The number of hydrogen-bond acceptors (Lipinski definition) is 6. The van der Waals surface area contributed by atoms with Crippen molar-refractivity contribution >= 4 is 55.0 Å². The average molecular weight is 501 g/mol. The standard InChI is InChI=1S/C8H7ClFNO4S.C8H8FNO4S/c1-16(14,15)11-7-5(8(12)13)2-4(10)3-6(7)9;1-15(13,14)10-7-3-2-5(9)4-6(7)8(11)12/h2-3,11H,1H3,(H,12,13);2-4,10H,1H3,(H,11,12). The molecule has 0 saturated heterocycles. The first-order valence-corrected chi connectivity index (χ1v) is 11.9. The molecule has 0 heterocycles. The van der Waals surface area contributed by atoms with Gasteiger partial charge in [0, 0.05) is 0 Å². The molecule has 0 fully saturated rings. The van der Waals surface area contributed by atoms with Gasteiger partial charge in [0.2, 0.25) is 20.0 Å². The zero-order valence-corrected chi connectivity index (χ0v) is 18.1. The summed E-state index contributed by atoms with van der Waals surface area (Å²) < 4.78 is 73.1. The molecule has 2 aromatic carbocycles. The molecule has 0 aliphatic heterocycles. The van der Waals surface area contributed by atoms with E-state index >= 15 is 0 Å². The number of anilines is 2. The minimum atomic E-state index is -3.69. The van der Waals surface area contributed by atoms with E-state index in [0.29, 0.717) is 6.07 Å². The minimum absolute atomic E-state index is 0.161. The highest BCUT2D eigenvalue weighted by Crippen LogP contribution is 2.28. The molecule has 0 aliphatic carbocycles. The van der Waals surface area contributed by atoms with Crippen LogP contribution in [0.25, 0.3) is 0 Å². The van der Waals surface area contributed by atoms with Crippen LogP contribution in [0.2, 0.25) is 5.02 Å². The Morgan fingerprint density at radius 3 is 1.77 bits per heavy atom. The van der Waals surface area contributed by atoms with Crippen LogP contribution < -0.4 is 9.44 Å². The highest BCUT2D eigenvalue weighted by molar-refractivity contribution is 7.92. The molecule has 31 heavy (non-hydrogen) atoms. The Morgan fingerprint density at radius 1 is 0.839 bits per heavy atom. The van der Waals surface area contributed by atoms with E-state index in [-0.39, 0.29) is 16.4 Å². The van der Waals surface area contributed by atoms with Gasteiger partial charge in [0.15, 0.2) is 0 Å². The van der Waals surface area contributed by atoms with Crippen molar-refractivity contribution in [2.75, 3.05) is 22.0 Å². The Balaban J connectivity index is 0.000000311. The zero-order chi connectivity index (χ0) is 24.1. The number of carboxylic acids is 2. The molecule has 0 aromatic heterocycles. The largest absolute Gasteiger partial charge is 0.478 e. The number of nitrogens with one attached hydrogen (secondary N) is 2. The summed E-state index contributed by atoms with van der Waals surface area (Å²) in [5.41, 5.74) is -1.49. The summed E-state index contributed by atoms with van der Waals surface area (Å²) >= 11 is 5.55. The van der Waals surface area contributed by atoms with Crippen LogP contribution >= 0.6 is 11.6 Å². The molecular formula is C16H15ClF2N2O8S2. The molecule has 4 N–H and O–H groups in total. The average Bonchev–Trinajstić information content (AvgIpc) is 2.56. The monoisotopic (exact) mass is 500 g/mol. The van der Waals surface area contributed by atoms with Crippen LogP contribution in [0.1, 0.15) is 20.7 Å². The van der Waals surface area contributed by atoms with Gasteiger partial charge in [0.25, 0.3) is 0 Å². The summed E-state index contributed by atoms with van der Waals surface area (Å²) in [6.07, 6.45) is 1.71. The number of benzene rings is 2. The van der Waals surface area contributed by atoms with E-state index in [1.54, 1.807) is 0 Å². The van der Waals surface area contributed by atoms with Crippen LogP contribution in [0, 0.1) is 11.6 Å². The van der Waals surface area contributed by atoms with Crippen LogP contribution in [0.15, 0.2) is 30.3 Å². The predicted molar refractivity (Wildman–Crippen MR) is 109 cm³/mol. The van der Waals surface area contributed by atoms with Gasteiger partial charge in [-0.05, 0) is 30.3 Å². The van der Waals surface area contributed by atoms with Crippen molar-refractivity contribution in [1.82, 2.24) is 0 Å². The number of sulfonamides is 2. The van der Waals surface area contributed by atoms with Crippen LogP contribution in [-0.4, -0.2) is 51.5 Å². The molecule has 2 aromatic rings. The summed E-state index contributed by atoms with van der Waals surface area (Å²) in [5.74, 6) is -4.49. The molecule has 170 valence electrons. The van der Waals surface area contributed by atoms with Gasteiger partial charge in [0.05, 0.1) is 40.0 Å². The normalized spacial score (nSPS) is 11.1. The lowest BCUT2D eigenvalue weighted by atomic mass is 10.2. The number of aromatic carboxylic acids is 2. The van der Waals surface area contributed by atoms with E-state index in [0.717, 1.165) is 36.8 Å². The fourth-order valence-corrected chi connectivity index (χ4v) is 3.49. The molecule has 0 radical (unpaired) electrons. The van der Waals surface area contributed by atoms with Crippen molar-refractivity contribution < 1.29 is 45.4 Å². The minimum Gasteiger partial charge on any atom is -0.478 e. The van der Waals surface area contributed by atoms with Crippen LogP contribution in [0.5, 0.6) is 0 Å². The molecule has 2 rings (SSSR count). The predicted octanol–water partition coefficient (Wildman–Crippen LogP) is 2.44. The van der Waals surface area contributed by atoms with E-state index < -0.39 is 54.7 Å². The van der Waals surface area contributed by atoms with Crippen molar-refractivity contribution in [3.05, 3.63) is 58.1 Å². The molecule has 0 saturated carbocycles. The Labute approximate surface area is 180 Å². The van der Waals surface area contributed by atoms with Gasteiger partial charge < -0.3 is 10.2 Å². The SMILES string of the molecule is CS(=O)(=O)Nc1c(Cl)cc(F)cc1C(=O)O.CS(=O)(=O)Nc1ccc(F)cc1C(=O)O. The summed E-state index contributed by atoms with van der Waals surface area (Å²) in [5, 5.41) is 17.1. The number of carboxylic acid groups (broad SMARTS) is 2. The molecule has 0 amide bonds. The Kier molecular flexibility index (Phi) is 8.32. The second kappa shape index (κ2) is 9.89. The summed E-state index contributed by atoms with van der Waals surface area (Å²) in [4.78, 5) is 21.4. The molecule has 0 bridgehead atoms. The summed E-state index contributed by atoms with van der Waals surface area (Å²) in [6, 6.07) is 4.28. The molecule has 10 nitrogen and oxygen atoms in total. The first-order valence-electron chi connectivity index (χ1n) is 7.71. The van der Waals surface area contributed by atoms with Crippen LogP contribution in [-0.2, 0) is 20.0 Å². The van der Waals surface area contributed by atoms with Gasteiger partial charge >= 0.3 is 11.9 Å². The fourth-order valence-electron chi connectivity index (χ4n) is 2.01. The molecule has 0 unspecified atom stereocenters. The van der Waals surface area contributed by atoms with E-state index in [4.69, 9.17) is 21.8 Å². The van der Waals surface area contributed by atoms with E-state index in [2.05, 4.69) is 0 Å². The first kappa shape index (κ1) is 26.1. The quantitative estimate of drug-likeness (QED) is 0.469. The van der Waals surface area contributed by atoms with Gasteiger partial charge in [-0.15, -0.1) is 0 Å². The van der Waals surface area contributed by atoms with Gasteiger partial charge in [-0.3, -0.25) is 9.44 Å². The lowest BCUT2D eigenvalue weighted by molar-refractivity contribution is 0.0686. The third kappa shape index (κ3) is 8.74.